The second-order valence-corrected chi connectivity index (χ2v) is 14.5. The third-order valence-electron chi connectivity index (χ3n) is 10.5. The average Bonchev–Trinajstić information content (AvgIpc) is 3.07. The number of nitrogen functional groups attached to an aromatic ring is 2. The number of ether oxygens (including phenoxy) is 2. The fraction of sp³-hybridized carbons (Fsp3) is 0.455. The highest BCUT2D eigenvalue weighted by molar-refractivity contribution is 5.55. The fourth-order valence-electron chi connectivity index (χ4n) is 7.98. The third kappa shape index (κ3) is 8.75. The molecule has 0 amide bonds. The molecule has 0 aliphatic heterocycles. The monoisotopic (exact) mass is 646 g/mol. The van der Waals surface area contributed by atoms with E-state index in [4.69, 9.17) is 20.9 Å². The zero-order valence-corrected chi connectivity index (χ0v) is 30.2. The van der Waals surface area contributed by atoms with Gasteiger partial charge in [0.1, 0.15) is 23.0 Å². The molecule has 0 aromatic heterocycles. The molecule has 0 bridgehead atoms. The number of hydrogen-bond donors (Lipinski definition) is 2. The van der Waals surface area contributed by atoms with Crippen LogP contribution in [0.15, 0.2) is 72.8 Å². The van der Waals surface area contributed by atoms with Gasteiger partial charge < -0.3 is 20.9 Å². The zero-order chi connectivity index (χ0) is 34.1. The second kappa shape index (κ2) is 16.5. The molecule has 1 unspecified atom stereocenters. The summed E-state index contributed by atoms with van der Waals surface area (Å²) in [5.41, 5.74) is 20.8. The summed E-state index contributed by atoms with van der Waals surface area (Å²) in [6.45, 7) is 11.1. The third-order valence-corrected chi connectivity index (χ3v) is 10.5. The van der Waals surface area contributed by atoms with Gasteiger partial charge in [0.15, 0.2) is 0 Å². The van der Waals surface area contributed by atoms with E-state index in [-0.39, 0.29) is 5.41 Å². The summed E-state index contributed by atoms with van der Waals surface area (Å²) in [4.78, 5) is 0. The lowest BCUT2D eigenvalue weighted by Crippen LogP contribution is -2.35. The van der Waals surface area contributed by atoms with E-state index in [1.165, 1.54) is 110 Å². The Balaban J connectivity index is 1.44. The van der Waals surface area contributed by atoms with Crippen LogP contribution in [-0.4, -0.2) is 0 Å². The Morgan fingerprint density at radius 2 is 1.02 bits per heavy atom. The summed E-state index contributed by atoms with van der Waals surface area (Å²) in [7, 11) is 0. The van der Waals surface area contributed by atoms with E-state index in [1.807, 2.05) is 48.5 Å². The molecule has 1 fully saturated rings. The van der Waals surface area contributed by atoms with Gasteiger partial charge in [0.25, 0.3) is 0 Å². The first kappa shape index (κ1) is 35.4. The van der Waals surface area contributed by atoms with Gasteiger partial charge in [-0.05, 0) is 128 Å². The van der Waals surface area contributed by atoms with Gasteiger partial charge in [0.05, 0.1) is 0 Å². The van der Waals surface area contributed by atoms with Crippen molar-refractivity contribution < 1.29 is 9.47 Å². The largest absolute Gasteiger partial charge is 0.457 e. The molecule has 5 rings (SSSR count). The maximum Gasteiger partial charge on any atom is 0.133 e. The van der Waals surface area contributed by atoms with E-state index in [9.17, 15) is 0 Å². The SMILES string of the molecule is CCCCCCCCCCC1CCCC(c2cc(C)c(Oc3ccc(N)cc3)c(C)c2)(c2cc(C)c(Oc3ccc(N)cc3)c(C)c2)C1. The number of rotatable bonds is 15. The highest BCUT2D eigenvalue weighted by Gasteiger charge is 2.40. The summed E-state index contributed by atoms with van der Waals surface area (Å²) in [5.74, 6) is 4.21. The van der Waals surface area contributed by atoms with E-state index >= 15 is 0 Å². The molecule has 0 heterocycles. The lowest BCUT2D eigenvalue weighted by Gasteiger charge is -2.43. The van der Waals surface area contributed by atoms with E-state index in [0.29, 0.717) is 0 Å². The molecule has 4 heteroatoms. The van der Waals surface area contributed by atoms with Crippen LogP contribution in [0.3, 0.4) is 0 Å². The smallest absolute Gasteiger partial charge is 0.133 e. The van der Waals surface area contributed by atoms with Crippen LogP contribution in [-0.2, 0) is 5.41 Å². The van der Waals surface area contributed by atoms with Crippen LogP contribution in [0.25, 0.3) is 0 Å². The summed E-state index contributed by atoms with van der Waals surface area (Å²) < 4.78 is 12.9. The van der Waals surface area contributed by atoms with Gasteiger partial charge in [0, 0.05) is 16.8 Å². The van der Waals surface area contributed by atoms with Crippen molar-refractivity contribution in [2.45, 2.75) is 124 Å². The van der Waals surface area contributed by atoms with Crippen LogP contribution in [0, 0.1) is 33.6 Å². The minimum atomic E-state index is -0.0619. The van der Waals surface area contributed by atoms with Crippen LogP contribution in [0.4, 0.5) is 11.4 Å². The van der Waals surface area contributed by atoms with Gasteiger partial charge >= 0.3 is 0 Å². The van der Waals surface area contributed by atoms with Crippen molar-refractivity contribution in [1.82, 2.24) is 0 Å². The Labute approximate surface area is 290 Å². The molecule has 256 valence electrons. The summed E-state index contributed by atoms with van der Waals surface area (Å²) >= 11 is 0. The molecule has 48 heavy (non-hydrogen) atoms. The van der Waals surface area contributed by atoms with E-state index < -0.39 is 0 Å². The fourth-order valence-corrected chi connectivity index (χ4v) is 7.98. The first-order valence-electron chi connectivity index (χ1n) is 18.5. The normalized spacial score (nSPS) is 15.7. The second-order valence-electron chi connectivity index (χ2n) is 14.5. The first-order valence-corrected chi connectivity index (χ1v) is 18.5. The standard InChI is InChI=1S/C44H58N2O2/c1-6-7-8-9-10-11-12-13-15-35-16-14-25-44(30-35,36-26-31(2)42(32(3)27-36)47-40-21-17-38(45)18-22-40)37-28-33(4)43(34(5)29-37)48-41-23-19-39(46)20-24-41/h17-24,26-29,35H,6-16,25,30,45-46H2,1-5H3. The van der Waals surface area contributed by atoms with E-state index in [0.717, 1.165) is 46.7 Å². The quantitative estimate of drug-likeness (QED) is 0.0996. The van der Waals surface area contributed by atoms with Crippen molar-refractivity contribution in [3.8, 4) is 23.0 Å². The van der Waals surface area contributed by atoms with Gasteiger partial charge in [-0.15, -0.1) is 0 Å². The molecule has 1 aliphatic carbocycles. The van der Waals surface area contributed by atoms with Crippen LogP contribution >= 0.6 is 0 Å². The molecule has 0 radical (unpaired) electrons. The molecule has 4 nitrogen and oxygen atoms in total. The van der Waals surface area contributed by atoms with Gasteiger partial charge in [-0.3, -0.25) is 0 Å². The van der Waals surface area contributed by atoms with Crippen LogP contribution in [0.5, 0.6) is 23.0 Å². The molecule has 1 saturated carbocycles. The number of hydrogen-bond acceptors (Lipinski definition) is 4. The topological polar surface area (TPSA) is 70.5 Å². The highest BCUT2D eigenvalue weighted by atomic mass is 16.5. The van der Waals surface area contributed by atoms with Crippen molar-refractivity contribution in [1.29, 1.82) is 0 Å². The van der Waals surface area contributed by atoms with Crippen LogP contribution in [0.2, 0.25) is 0 Å². The summed E-state index contributed by atoms with van der Waals surface area (Å²) in [5, 5.41) is 0. The maximum atomic E-state index is 6.44. The van der Waals surface area contributed by atoms with Crippen LogP contribution < -0.4 is 20.9 Å². The van der Waals surface area contributed by atoms with Crippen LogP contribution in [0.1, 0.15) is 124 Å². The zero-order valence-electron chi connectivity index (χ0n) is 30.2. The number of benzene rings is 4. The highest BCUT2D eigenvalue weighted by Crippen LogP contribution is 2.51. The van der Waals surface area contributed by atoms with Crippen molar-refractivity contribution in [3.05, 3.63) is 106 Å². The van der Waals surface area contributed by atoms with Gasteiger partial charge in [0.2, 0.25) is 0 Å². The molecule has 0 saturated heterocycles. The number of anilines is 2. The predicted molar refractivity (Wildman–Crippen MR) is 204 cm³/mol. The van der Waals surface area contributed by atoms with Gasteiger partial charge in [-0.1, -0.05) is 102 Å². The Kier molecular flexibility index (Phi) is 12.1. The average molecular weight is 647 g/mol. The molecular formula is C44H58N2O2. The molecule has 1 aliphatic rings. The first-order chi connectivity index (χ1) is 23.2. The van der Waals surface area contributed by atoms with E-state index in [1.54, 1.807) is 0 Å². The molecule has 4 aromatic carbocycles. The minimum Gasteiger partial charge on any atom is -0.457 e. The van der Waals surface area contributed by atoms with Gasteiger partial charge in [-0.25, -0.2) is 0 Å². The molecule has 0 spiro atoms. The van der Waals surface area contributed by atoms with Gasteiger partial charge in [-0.2, -0.15) is 0 Å². The van der Waals surface area contributed by atoms with Crippen molar-refractivity contribution in [3.63, 3.8) is 0 Å². The van der Waals surface area contributed by atoms with Crippen molar-refractivity contribution in [2.24, 2.45) is 5.92 Å². The molecule has 1 atom stereocenters. The lowest BCUT2D eigenvalue weighted by molar-refractivity contribution is 0.240. The molecular weight excluding hydrogens is 588 g/mol. The van der Waals surface area contributed by atoms with Crippen molar-refractivity contribution in [2.75, 3.05) is 11.5 Å². The van der Waals surface area contributed by atoms with E-state index in [2.05, 4.69) is 58.9 Å². The molecule has 4 aromatic rings. The minimum absolute atomic E-state index is 0.0619. The Morgan fingerprint density at radius 1 is 0.604 bits per heavy atom. The summed E-state index contributed by atoms with van der Waals surface area (Å²) in [6.07, 6.45) is 17.2. The summed E-state index contributed by atoms with van der Waals surface area (Å²) in [6, 6.07) is 25.0. The number of nitrogens with two attached hydrogens (primary N) is 2. The Bertz CT molecular complexity index is 1470. The predicted octanol–water partition coefficient (Wildman–Crippen LogP) is 12.7. The van der Waals surface area contributed by atoms with Crippen molar-refractivity contribution >= 4 is 11.4 Å². The number of unbranched alkanes of at least 4 members (excludes halogenated alkanes) is 7. The Morgan fingerprint density at radius 3 is 1.46 bits per heavy atom. The number of aryl methyl sites for hydroxylation is 4. The Hall–Kier alpha value is -3.92. The lowest BCUT2D eigenvalue weighted by atomic mass is 9.61. The maximum absolute atomic E-state index is 6.44. The molecule has 4 N–H and O–H groups in total.